The smallest absolute Gasteiger partial charge is 0.325 e. The summed E-state index contributed by atoms with van der Waals surface area (Å²) >= 11 is 0. The van der Waals surface area contributed by atoms with Gasteiger partial charge < -0.3 is 15.2 Å². The summed E-state index contributed by atoms with van der Waals surface area (Å²) in [5, 5.41) is 13.2. The first-order valence-corrected chi connectivity index (χ1v) is 9.83. The highest BCUT2D eigenvalue weighted by Gasteiger charge is 2.52. The molecule has 3 amide bonds. The molecule has 2 fully saturated rings. The molecule has 1 saturated carbocycles. The summed E-state index contributed by atoms with van der Waals surface area (Å²) in [5.41, 5.74) is 1.20. The number of nitrogens with zero attached hydrogens (tertiary/aromatic N) is 1. The van der Waals surface area contributed by atoms with Crippen molar-refractivity contribution in [2.75, 3.05) is 13.2 Å². The van der Waals surface area contributed by atoms with Gasteiger partial charge in [-0.1, -0.05) is 31.4 Å². The Morgan fingerprint density at radius 2 is 1.96 bits per heavy atom. The zero-order valence-corrected chi connectivity index (χ0v) is 16.5. The molecule has 1 heterocycles. The first-order valence-electron chi connectivity index (χ1n) is 9.83. The number of imide groups is 1. The van der Waals surface area contributed by atoms with Crippen molar-refractivity contribution < 1.29 is 19.4 Å². The third-order valence-corrected chi connectivity index (χ3v) is 5.89. The number of benzene rings is 1. The van der Waals surface area contributed by atoms with Gasteiger partial charge in [-0.2, -0.15) is 0 Å². The maximum Gasteiger partial charge on any atom is 0.325 e. The molecule has 6 heteroatoms. The van der Waals surface area contributed by atoms with Crippen LogP contribution in [0.1, 0.15) is 50.2 Å². The van der Waals surface area contributed by atoms with Crippen LogP contribution in [0.4, 0.5) is 4.79 Å². The fourth-order valence-electron chi connectivity index (χ4n) is 4.15. The number of rotatable bonds is 6. The number of aliphatic hydroxyl groups excluding tert-OH is 1. The molecule has 1 aromatic carbocycles. The fourth-order valence-corrected chi connectivity index (χ4v) is 4.15. The number of carbonyl (C=O) groups is 2. The van der Waals surface area contributed by atoms with Gasteiger partial charge in [-0.15, -0.1) is 0 Å². The minimum Gasteiger partial charge on any atom is -0.491 e. The predicted octanol–water partition coefficient (Wildman–Crippen LogP) is 2.93. The Balaban J connectivity index is 1.60. The molecule has 1 aliphatic heterocycles. The number of amides is 3. The highest BCUT2D eigenvalue weighted by Crippen LogP contribution is 2.36. The number of aryl methyl sites for hydroxylation is 2. The molecule has 148 valence electrons. The predicted molar refractivity (Wildman–Crippen MR) is 103 cm³/mol. The summed E-state index contributed by atoms with van der Waals surface area (Å²) in [5.74, 6) is 0.638. The van der Waals surface area contributed by atoms with E-state index in [1.54, 1.807) is 0 Å². The van der Waals surface area contributed by atoms with Crippen LogP contribution in [-0.4, -0.2) is 46.7 Å². The average Bonchev–Trinajstić information content (AvgIpc) is 2.87. The van der Waals surface area contributed by atoms with Crippen LogP contribution in [0.5, 0.6) is 5.75 Å². The Morgan fingerprint density at radius 1 is 1.26 bits per heavy atom. The van der Waals surface area contributed by atoms with Crippen LogP contribution >= 0.6 is 0 Å². The Kier molecular flexibility index (Phi) is 5.75. The van der Waals surface area contributed by atoms with Crippen LogP contribution in [0.2, 0.25) is 0 Å². The monoisotopic (exact) mass is 374 g/mol. The maximum atomic E-state index is 12.9. The van der Waals surface area contributed by atoms with Gasteiger partial charge in [0.25, 0.3) is 5.91 Å². The molecule has 2 aliphatic rings. The van der Waals surface area contributed by atoms with E-state index in [1.807, 2.05) is 39.0 Å². The van der Waals surface area contributed by atoms with E-state index in [0.29, 0.717) is 5.75 Å². The van der Waals surface area contributed by atoms with Gasteiger partial charge in [0, 0.05) is 0 Å². The van der Waals surface area contributed by atoms with Gasteiger partial charge in [0.05, 0.1) is 6.54 Å². The molecule has 6 nitrogen and oxygen atoms in total. The average molecular weight is 374 g/mol. The molecule has 2 atom stereocenters. The summed E-state index contributed by atoms with van der Waals surface area (Å²) in [4.78, 5) is 26.5. The second-order valence-corrected chi connectivity index (χ2v) is 8.12. The third kappa shape index (κ3) is 4.10. The van der Waals surface area contributed by atoms with Crippen LogP contribution in [0.25, 0.3) is 0 Å². The van der Waals surface area contributed by atoms with Crippen molar-refractivity contribution in [2.45, 2.75) is 64.5 Å². The van der Waals surface area contributed by atoms with Crippen LogP contribution in [-0.2, 0) is 4.79 Å². The largest absolute Gasteiger partial charge is 0.491 e. The van der Waals surface area contributed by atoms with Crippen LogP contribution < -0.4 is 10.1 Å². The number of urea groups is 1. The molecular formula is C21H30N2O4. The van der Waals surface area contributed by atoms with Crippen molar-refractivity contribution in [3.05, 3.63) is 29.3 Å². The SMILES string of the molecule is Cc1ccc(C)c(OC[C@H](O)CN2C(=O)N[C@@](C)(C3CCCCC3)C2=O)c1. The maximum absolute atomic E-state index is 12.9. The van der Waals surface area contributed by atoms with Crippen molar-refractivity contribution in [2.24, 2.45) is 5.92 Å². The third-order valence-electron chi connectivity index (χ3n) is 5.89. The van der Waals surface area contributed by atoms with Crippen molar-refractivity contribution in [1.82, 2.24) is 10.2 Å². The van der Waals surface area contributed by atoms with Gasteiger partial charge in [-0.05, 0) is 56.7 Å². The van der Waals surface area contributed by atoms with Crippen molar-refractivity contribution in [1.29, 1.82) is 0 Å². The molecule has 0 aromatic heterocycles. The molecule has 27 heavy (non-hydrogen) atoms. The van der Waals surface area contributed by atoms with E-state index in [9.17, 15) is 14.7 Å². The lowest BCUT2D eigenvalue weighted by atomic mass is 9.75. The van der Waals surface area contributed by atoms with Gasteiger partial charge in [0.1, 0.15) is 24.0 Å². The lowest BCUT2D eigenvalue weighted by Gasteiger charge is -2.34. The van der Waals surface area contributed by atoms with Crippen molar-refractivity contribution in [3.63, 3.8) is 0 Å². The van der Waals surface area contributed by atoms with Crippen molar-refractivity contribution in [3.8, 4) is 5.75 Å². The van der Waals surface area contributed by atoms with E-state index in [1.165, 1.54) is 6.42 Å². The van der Waals surface area contributed by atoms with E-state index in [4.69, 9.17) is 4.74 Å². The fraction of sp³-hybridized carbons (Fsp3) is 0.619. The van der Waals surface area contributed by atoms with Gasteiger partial charge in [-0.3, -0.25) is 9.69 Å². The number of hydrogen-bond donors (Lipinski definition) is 2. The Hall–Kier alpha value is -2.08. The molecule has 3 rings (SSSR count). The van der Waals surface area contributed by atoms with Gasteiger partial charge in [0.2, 0.25) is 0 Å². The molecule has 2 N–H and O–H groups in total. The van der Waals surface area contributed by atoms with Crippen LogP contribution in [0, 0.1) is 19.8 Å². The first-order chi connectivity index (χ1) is 12.8. The highest BCUT2D eigenvalue weighted by molar-refractivity contribution is 6.07. The molecule has 0 bridgehead atoms. The minimum absolute atomic E-state index is 0.0293. The van der Waals surface area contributed by atoms with Gasteiger partial charge in [0.15, 0.2) is 0 Å². The standard InChI is InChI=1S/C21H30N2O4/c1-14-9-10-15(2)18(11-14)27-13-17(24)12-23-19(25)21(3,22-20(23)26)16-7-5-4-6-8-16/h9-11,16-17,24H,4-8,12-13H2,1-3H3,(H,22,26)/t17-,21+/m1/s1. The number of carbonyl (C=O) groups excluding carboxylic acids is 2. The molecule has 0 spiro atoms. The number of hydrogen-bond acceptors (Lipinski definition) is 4. The van der Waals surface area contributed by atoms with E-state index in [0.717, 1.165) is 41.7 Å². The van der Waals surface area contributed by atoms with E-state index in [2.05, 4.69) is 5.32 Å². The first kappa shape index (κ1) is 19.7. The molecule has 0 radical (unpaired) electrons. The normalized spacial score (nSPS) is 24.8. The summed E-state index contributed by atoms with van der Waals surface area (Å²) in [6.07, 6.45) is 4.34. The second kappa shape index (κ2) is 7.89. The zero-order valence-electron chi connectivity index (χ0n) is 16.5. The van der Waals surface area contributed by atoms with Crippen molar-refractivity contribution >= 4 is 11.9 Å². The summed E-state index contributed by atoms with van der Waals surface area (Å²) < 4.78 is 5.71. The summed E-state index contributed by atoms with van der Waals surface area (Å²) in [7, 11) is 0. The van der Waals surface area contributed by atoms with E-state index >= 15 is 0 Å². The Labute approximate surface area is 160 Å². The van der Waals surface area contributed by atoms with Crippen LogP contribution in [0.15, 0.2) is 18.2 Å². The molecular weight excluding hydrogens is 344 g/mol. The molecule has 1 saturated heterocycles. The second-order valence-electron chi connectivity index (χ2n) is 8.12. The zero-order chi connectivity index (χ0) is 19.6. The highest BCUT2D eigenvalue weighted by atomic mass is 16.5. The minimum atomic E-state index is -0.937. The quantitative estimate of drug-likeness (QED) is 0.751. The van der Waals surface area contributed by atoms with E-state index in [-0.39, 0.29) is 25.0 Å². The Morgan fingerprint density at radius 3 is 2.67 bits per heavy atom. The topological polar surface area (TPSA) is 78.9 Å². The number of nitrogens with one attached hydrogen (secondary N) is 1. The van der Waals surface area contributed by atoms with Crippen LogP contribution in [0.3, 0.4) is 0 Å². The van der Waals surface area contributed by atoms with Gasteiger partial charge in [-0.25, -0.2) is 4.79 Å². The molecule has 1 aromatic rings. The molecule has 0 unspecified atom stereocenters. The van der Waals surface area contributed by atoms with E-state index < -0.39 is 17.7 Å². The lowest BCUT2D eigenvalue weighted by Crippen LogP contribution is -2.51. The number of aliphatic hydroxyl groups is 1. The van der Waals surface area contributed by atoms with Gasteiger partial charge >= 0.3 is 6.03 Å². The molecule has 1 aliphatic carbocycles. The Bertz CT molecular complexity index is 714. The number of β-amino-alcohol motifs (C(OH)–C–C–N with tert-alkyl or cyclic N) is 1. The summed E-state index contributed by atoms with van der Waals surface area (Å²) in [6, 6.07) is 5.46. The lowest BCUT2D eigenvalue weighted by molar-refractivity contribution is -0.134. The number of ether oxygens (including phenoxy) is 1. The summed E-state index contributed by atoms with van der Waals surface area (Å²) in [6.45, 7) is 5.71.